The predicted octanol–water partition coefficient (Wildman–Crippen LogP) is 1.52. The van der Waals surface area contributed by atoms with E-state index in [2.05, 4.69) is 5.32 Å². The number of likely N-dealkylation sites (tertiary alicyclic amines) is 1. The molecule has 5 nitrogen and oxygen atoms in total. The van der Waals surface area contributed by atoms with Crippen LogP contribution in [0.2, 0.25) is 0 Å². The first kappa shape index (κ1) is 13.8. The molecule has 1 aliphatic rings. The molecule has 2 amide bonds. The fourth-order valence-electron chi connectivity index (χ4n) is 1.71. The van der Waals surface area contributed by atoms with Crippen LogP contribution in [0.3, 0.4) is 0 Å². The normalized spacial score (nSPS) is 16.9. The molecule has 98 valence electrons. The molecule has 0 unspecified atom stereocenters. The second kappa shape index (κ2) is 5.89. The van der Waals surface area contributed by atoms with E-state index in [4.69, 9.17) is 4.74 Å². The van der Waals surface area contributed by atoms with Gasteiger partial charge in [-0.1, -0.05) is 0 Å². The van der Waals surface area contributed by atoms with Crippen LogP contribution in [0.4, 0.5) is 4.79 Å². The molecular weight excluding hydrogens is 220 g/mol. The van der Waals surface area contributed by atoms with E-state index in [0.717, 1.165) is 19.4 Å². The van der Waals surface area contributed by atoms with Crippen molar-refractivity contribution in [3.8, 4) is 0 Å². The molecule has 0 aliphatic carbocycles. The van der Waals surface area contributed by atoms with Crippen LogP contribution in [0.5, 0.6) is 0 Å². The zero-order chi connectivity index (χ0) is 12.9. The average Bonchev–Trinajstić information content (AvgIpc) is 2.18. The Balaban J connectivity index is 2.19. The first-order valence-corrected chi connectivity index (χ1v) is 6.13. The summed E-state index contributed by atoms with van der Waals surface area (Å²) in [5.41, 5.74) is -0.481. The Morgan fingerprint density at radius 2 is 2.12 bits per heavy atom. The fourth-order valence-corrected chi connectivity index (χ4v) is 1.71. The first-order valence-electron chi connectivity index (χ1n) is 6.13. The molecule has 1 saturated heterocycles. The van der Waals surface area contributed by atoms with Gasteiger partial charge in [-0.3, -0.25) is 4.79 Å². The molecule has 0 saturated carbocycles. The van der Waals surface area contributed by atoms with Crippen molar-refractivity contribution in [3.05, 3.63) is 0 Å². The predicted molar refractivity (Wildman–Crippen MR) is 64.7 cm³/mol. The van der Waals surface area contributed by atoms with Crippen LogP contribution in [-0.2, 0) is 9.53 Å². The Hall–Kier alpha value is -1.26. The number of carbonyl (C=O) groups excluding carboxylic acids is 2. The molecule has 0 bridgehead atoms. The van der Waals surface area contributed by atoms with Crippen molar-refractivity contribution in [1.82, 2.24) is 10.2 Å². The fraction of sp³-hybridized carbons (Fsp3) is 0.833. The summed E-state index contributed by atoms with van der Waals surface area (Å²) in [4.78, 5) is 24.6. The molecule has 0 aromatic carbocycles. The zero-order valence-electron chi connectivity index (χ0n) is 10.9. The van der Waals surface area contributed by atoms with Crippen molar-refractivity contribution in [2.24, 2.45) is 0 Å². The molecule has 17 heavy (non-hydrogen) atoms. The van der Waals surface area contributed by atoms with Crippen molar-refractivity contribution in [2.75, 3.05) is 19.6 Å². The number of piperidine rings is 1. The van der Waals surface area contributed by atoms with E-state index in [0.29, 0.717) is 19.5 Å². The molecule has 1 rings (SSSR count). The third kappa shape index (κ3) is 5.56. The number of carbonyl (C=O) groups is 2. The second-order valence-corrected chi connectivity index (χ2v) is 5.27. The summed E-state index contributed by atoms with van der Waals surface area (Å²) < 4.78 is 5.10. The zero-order valence-corrected chi connectivity index (χ0v) is 10.9. The monoisotopic (exact) mass is 242 g/mol. The summed E-state index contributed by atoms with van der Waals surface area (Å²) in [6.07, 6.45) is 2.24. The molecule has 1 N–H and O–H groups in total. The number of nitrogens with zero attached hydrogens (tertiary/aromatic N) is 1. The number of hydrogen-bond acceptors (Lipinski definition) is 3. The van der Waals surface area contributed by atoms with E-state index in [1.165, 1.54) is 0 Å². The Bertz CT molecular complexity index is 284. The highest BCUT2D eigenvalue weighted by Crippen LogP contribution is 2.09. The van der Waals surface area contributed by atoms with Crippen molar-refractivity contribution in [1.29, 1.82) is 0 Å². The lowest BCUT2D eigenvalue weighted by molar-refractivity contribution is -0.133. The van der Waals surface area contributed by atoms with Gasteiger partial charge in [0.2, 0.25) is 5.91 Å². The van der Waals surface area contributed by atoms with Crippen LogP contribution in [0.25, 0.3) is 0 Å². The van der Waals surface area contributed by atoms with Gasteiger partial charge >= 0.3 is 6.09 Å². The van der Waals surface area contributed by atoms with Gasteiger partial charge in [-0.05, 0) is 33.6 Å². The van der Waals surface area contributed by atoms with Crippen LogP contribution in [-0.4, -0.2) is 42.1 Å². The summed E-state index contributed by atoms with van der Waals surface area (Å²) in [6.45, 7) is 7.27. The summed E-state index contributed by atoms with van der Waals surface area (Å²) in [6, 6.07) is 0. The first-order chi connectivity index (χ1) is 7.88. The van der Waals surface area contributed by atoms with E-state index in [9.17, 15) is 9.59 Å². The summed E-state index contributed by atoms with van der Waals surface area (Å²) in [7, 11) is 0. The third-order valence-corrected chi connectivity index (χ3v) is 2.47. The van der Waals surface area contributed by atoms with Crippen LogP contribution in [0.15, 0.2) is 0 Å². The highest BCUT2D eigenvalue weighted by molar-refractivity contribution is 5.76. The molecular formula is C12H22N2O3. The van der Waals surface area contributed by atoms with Gasteiger partial charge < -0.3 is 15.0 Å². The number of nitrogens with one attached hydrogen (secondary N) is 1. The van der Waals surface area contributed by atoms with Gasteiger partial charge in [-0.15, -0.1) is 0 Å². The minimum absolute atomic E-state index is 0.183. The quantitative estimate of drug-likeness (QED) is 0.816. The van der Waals surface area contributed by atoms with Gasteiger partial charge in [0.25, 0.3) is 0 Å². The molecule has 1 aliphatic heterocycles. The van der Waals surface area contributed by atoms with Crippen molar-refractivity contribution in [2.45, 2.75) is 45.6 Å². The van der Waals surface area contributed by atoms with Gasteiger partial charge in [0.05, 0.1) is 0 Å². The highest BCUT2D eigenvalue weighted by atomic mass is 16.6. The molecule has 0 atom stereocenters. The maximum Gasteiger partial charge on any atom is 0.407 e. The highest BCUT2D eigenvalue weighted by Gasteiger charge is 2.19. The third-order valence-electron chi connectivity index (χ3n) is 2.47. The van der Waals surface area contributed by atoms with Gasteiger partial charge in [-0.2, -0.15) is 0 Å². The molecule has 1 heterocycles. The summed E-state index contributed by atoms with van der Waals surface area (Å²) in [5.74, 6) is 0.183. The molecule has 0 aromatic rings. The smallest absolute Gasteiger partial charge is 0.407 e. The van der Waals surface area contributed by atoms with Gasteiger partial charge in [0.1, 0.15) is 5.60 Å². The minimum atomic E-state index is -0.481. The SMILES string of the molecule is CC(C)(C)OC(=O)NCCN1CCCCC1=O. The number of ether oxygens (including phenoxy) is 1. The topological polar surface area (TPSA) is 58.6 Å². The Labute approximate surface area is 102 Å². The van der Waals surface area contributed by atoms with E-state index in [1.54, 1.807) is 4.90 Å². The lowest BCUT2D eigenvalue weighted by Crippen LogP contribution is -2.42. The van der Waals surface area contributed by atoms with E-state index in [-0.39, 0.29) is 5.91 Å². The summed E-state index contributed by atoms with van der Waals surface area (Å²) >= 11 is 0. The maximum absolute atomic E-state index is 11.5. The van der Waals surface area contributed by atoms with Gasteiger partial charge in [-0.25, -0.2) is 4.79 Å². The Kier molecular flexibility index (Phi) is 4.78. The van der Waals surface area contributed by atoms with Crippen LogP contribution < -0.4 is 5.32 Å². The molecule has 0 spiro atoms. The maximum atomic E-state index is 11.5. The molecule has 5 heteroatoms. The van der Waals surface area contributed by atoms with Crippen molar-refractivity contribution in [3.63, 3.8) is 0 Å². The van der Waals surface area contributed by atoms with Crippen LogP contribution in [0, 0.1) is 0 Å². The van der Waals surface area contributed by atoms with Crippen LogP contribution >= 0.6 is 0 Å². The molecule has 1 fully saturated rings. The Morgan fingerprint density at radius 3 is 2.71 bits per heavy atom. The number of hydrogen-bond donors (Lipinski definition) is 1. The second-order valence-electron chi connectivity index (χ2n) is 5.27. The standard InChI is InChI=1S/C12H22N2O3/c1-12(2,3)17-11(16)13-7-9-14-8-5-4-6-10(14)15/h4-9H2,1-3H3,(H,13,16). The van der Waals surface area contributed by atoms with Gasteiger partial charge in [0, 0.05) is 26.1 Å². The van der Waals surface area contributed by atoms with Gasteiger partial charge in [0.15, 0.2) is 0 Å². The lowest BCUT2D eigenvalue weighted by Gasteiger charge is -2.27. The molecule has 0 aromatic heterocycles. The molecule has 0 radical (unpaired) electrons. The summed E-state index contributed by atoms with van der Waals surface area (Å²) in [5, 5.41) is 2.65. The van der Waals surface area contributed by atoms with E-state index in [1.807, 2.05) is 20.8 Å². The lowest BCUT2D eigenvalue weighted by atomic mass is 10.1. The van der Waals surface area contributed by atoms with E-state index < -0.39 is 11.7 Å². The largest absolute Gasteiger partial charge is 0.444 e. The van der Waals surface area contributed by atoms with Crippen molar-refractivity contribution < 1.29 is 14.3 Å². The van der Waals surface area contributed by atoms with Crippen molar-refractivity contribution >= 4 is 12.0 Å². The number of amides is 2. The number of alkyl carbamates (subject to hydrolysis) is 1. The Morgan fingerprint density at radius 1 is 1.41 bits per heavy atom. The van der Waals surface area contributed by atoms with E-state index >= 15 is 0 Å². The number of rotatable bonds is 3. The minimum Gasteiger partial charge on any atom is -0.444 e. The average molecular weight is 242 g/mol. The van der Waals surface area contributed by atoms with Crippen LogP contribution in [0.1, 0.15) is 40.0 Å².